The van der Waals surface area contributed by atoms with E-state index in [0.717, 1.165) is 11.1 Å². The number of hydrazine groups is 1. The van der Waals surface area contributed by atoms with Crippen molar-refractivity contribution in [2.75, 3.05) is 7.11 Å². The van der Waals surface area contributed by atoms with Gasteiger partial charge in [-0.05, 0) is 60.6 Å². The van der Waals surface area contributed by atoms with Gasteiger partial charge in [-0.25, -0.2) is 19.9 Å². The lowest BCUT2D eigenvalue weighted by Crippen LogP contribution is -2.49. The van der Waals surface area contributed by atoms with Crippen molar-refractivity contribution in [1.82, 2.24) is 15.9 Å². The maximum atomic E-state index is 13.7. The SMILES string of the molecule is COC(=O)c1ccc(C(=O)NN(OCc2ccccc2)C(=O)CC(CCc2ccccc2)C(=O)N[C@@H](CC(C)C)C(=O)O)cc1. The first-order chi connectivity index (χ1) is 21.6. The topological polar surface area (TPSA) is 151 Å². The van der Waals surface area contributed by atoms with E-state index in [1.165, 1.54) is 31.4 Å². The molecule has 0 aliphatic heterocycles. The third kappa shape index (κ3) is 11.2. The van der Waals surface area contributed by atoms with Crippen molar-refractivity contribution in [3.8, 4) is 0 Å². The Labute approximate surface area is 262 Å². The summed E-state index contributed by atoms with van der Waals surface area (Å²) in [5.74, 6) is -4.64. The Morgan fingerprint density at radius 2 is 1.40 bits per heavy atom. The average molecular weight is 618 g/mol. The van der Waals surface area contributed by atoms with Crippen molar-refractivity contribution < 1.29 is 38.7 Å². The number of carbonyl (C=O) groups excluding carboxylic acids is 4. The van der Waals surface area contributed by atoms with E-state index in [9.17, 15) is 29.1 Å². The van der Waals surface area contributed by atoms with Crippen LogP contribution in [0.2, 0.25) is 0 Å². The minimum Gasteiger partial charge on any atom is -0.480 e. The normalized spacial score (nSPS) is 12.1. The number of carbonyl (C=O) groups is 5. The molecule has 238 valence electrons. The highest BCUT2D eigenvalue weighted by molar-refractivity contribution is 5.97. The van der Waals surface area contributed by atoms with Crippen molar-refractivity contribution in [2.24, 2.45) is 11.8 Å². The van der Waals surface area contributed by atoms with Crippen molar-refractivity contribution in [3.05, 3.63) is 107 Å². The molecule has 0 saturated heterocycles. The number of nitrogens with zero attached hydrogens (tertiary/aromatic N) is 1. The summed E-state index contributed by atoms with van der Waals surface area (Å²) in [5, 5.41) is 13.0. The zero-order valence-corrected chi connectivity index (χ0v) is 25.6. The van der Waals surface area contributed by atoms with Crippen LogP contribution in [0.25, 0.3) is 0 Å². The van der Waals surface area contributed by atoms with E-state index in [1.54, 1.807) is 24.3 Å². The molecular formula is C34H39N3O8. The molecular weight excluding hydrogens is 578 g/mol. The lowest BCUT2D eigenvalue weighted by molar-refractivity contribution is -0.207. The van der Waals surface area contributed by atoms with Crippen molar-refractivity contribution in [1.29, 1.82) is 0 Å². The Bertz CT molecular complexity index is 1430. The molecule has 11 heteroatoms. The van der Waals surface area contributed by atoms with Crippen molar-refractivity contribution >= 4 is 29.7 Å². The van der Waals surface area contributed by atoms with Crippen LogP contribution in [-0.2, 0) is 37.0 Å². The maximum absolute atomic E-state index is 13.7. The molecule has 3 rings (SSSR count). The number of hydroxylamine groups is 1. The monoisotopic (exact) mass is 617 g/mol. The molecule has 0 radical (unpaired) electrons. The second kappa shape index (κ2) is 17.3. The highest BCUT2D eigenvalue weighted by Gasteiger charge is 2.30. The number of nitrogens with one attached hydrogen (secondary N) is 2. The predicted octanol–water partition coefficient (Wildman–Crippen LogP) is 4.33. The molecule has 3 aromatic carbocycles. The summed E-state index contributed by atoms with van der Waals surface area (Å²) in [5.41, 5.74) is 4.50. The first kappa shape index (κ1) is 34.5. The number of amides is 3. The number of aryl methyl sites for hydroxylation is 1. The summed E-state index contributed by atoms with van der Waals surface area (Å²) in [7, 11) is 1.25. The number of methoxy groups -OCH3 is 1. The molecule has 11 nitrogen and oxygen atoms in total. The number of ether oxygens (including phenoxy) is 1. The van der Waals surface area contributed by atoms with Crippen LogP contribution in [0.4, 0.5) is 0 Å². The molecule has 3 amide bonds. The van der Waals surface area contributed by atoms with Crippen molar-refractivity contribution in [2.45, 2.75) is 52.2 Å². The predicted molar refractivity (Wildman–Crippen MR) is 165 cm³/mol. The van der Waals surface area contributed by atoms with E-state index in [4.69, 9.17) is 4.84 Å². The molecule has 0 bridgehead atoms. The van der Waals surface area contributed by atoms with Crippen LogP contribution in [0.5, 0.6) is 0 Å². The van der Waals surface area contributed by atoms with Gasteiger partial charge < -0.3 is 15.2 Å². The molecule has 3 aromatic rings. The summed E-state index contributed by atoms with van der Waals surface area (Å²) in [6.07, 6.45) is 0.545. The zero-order valence-electron chi connectivity index (χ0n) is 25.6. The van der Waals surface area contributed by atoms with Gasteiger partial charge in [0.05, 0.1) is 12.7 Å². The number of esters is 1. The fraction of sp³-hybridized carbons (Fsp3) is 0.324. The van der Waals surface area contributed by atoms with Crippen LogP contribution in [0, 0.1) is 11.8 Å². The third-order valence-electron chi connectivity index (χ3n) is 6.94. The zero-order chi connectivity index (χ0) is 32.8. The van der Waals surface area contributed by atoms with Crippen LogP contribution in [0.1, 0.15) is 65.0 Å². The molecule has 0 spiro atoms. The Balaban J connectivity index is 1.82. The maximum Gasteiger partial charge on any atom is 0.337 e. The number of hydrogen-bond donors (Lipinski definition) is 3. The van der Waals surface area contributed by atoms with E-state index in [-0.39, 0.29) is 42.9 Å². The van der Waals surface area contributed by atoms with Gasteiger partial charge in [0.15, 0.2) is 0 Å². The van der Waals surface area contributed by atoms with Crippen LogP contribution in [0.3, 0.4) is 0 Å². The van der Waals surface area contributed by atoms with Gasteiger partial charge in [-0.2, -0.15) is 0 Å². The minimum absolute atomic E-state index is 0.00887. The number of aliphatic carboxylic acids is 1. The van der Waals surface area contributed by atoms with Crippen LogP contribution in [0.15, 0.2) is 84.9 Å². The molecule has 2 atom stereocenters. The van der Waals surface area contributed by atoms with E-state index in [0.29, 0.717) is 11.6 Å². The van der Waals surface area contributed by atoms with Gasteiger partial charge in [-0.15, -0.1) is 5.17 Å². The number of carboxylic acid groups (broad SMARTS) is 1. The molecule has 0 heterocycles. The van der Waals surface area contributed by atoms with Gasteiger partial charge in [0.25, 0.3) is 11.8 Å². The highest BCUT2D eigenvalue weighted by Crippen LogP contribution is 2.18. The second-order valence-electron chi connectivity index (χ2n) is 10.9. The highest BCUT2D eigenvalue weighted by atomic mass is 16.7. The van der Waals surface area contributed by atoms with E-state index >= 15 is 0 Å². The molecule has 0 aliphatic rings. The summed E-state index contributed by atoms with van der Waals surface area (Å²) in [6, 6.07) is 22.9. The molecule has 0 aromatic heterocycles. The smallest absolute Gasteiger partial charge is 0.337 e. The average Bonchev–Trinajstić information content (AvgIpc) is 3.04. The summed E-state index contributed by atoms with van der Waals surface area (Å²) in [6.45, 7) is 3.64. The van der Waals surface area contributed by atoms with E-state index < -0.39 is 41.6 Å². The van der Waals surface area contributed by atoms with E-state index in [1.807, 2.05) is 50.2 Å². The molecule has 0 saturated carbocycles. The van der Waals surface area contributed by atoms with Gasteiger partial charge in [-0.3, -0.25) is 14.4 Å². The Morgan fingerprint density at radius 3 is 1.96 bits per heavy atom. The largest absolute Gasteiger partial charge is 0.480 e. The number of rotatable bonds is 15. The molecule has 45 heavy (non-hydrogen) atoms. The Morgan fingerprint density at radius 1 is 0.822 bits per heavy atom. The summed E-state index contributed by atoms with van der Waals surface area (Å²) in [4.78, 5) is 69.6. The van der Waals surface area contributed by atoms with Gasteiger partial charge in [0, 0.05) is 17.9 Å². The molecule has 3 N–H and O–H groups in total. The fourth-order valence-corrected chi connectivity index (χ4v) is 4.50. The fourth-order valence-electron chi connectivity index (χ4n) is 4.50. The number of carboxylic acids is 1. The Kier molecular flexibility index (Phi) is 13.3. The lowest BCUT2D eigenvalue weighted by Gasteiger charge is -2.25. The van der Waals surface area contributed by atoms with Gasteiger partial charge in [0.2, 0.25) is 5.91 Å². The minimum atomic E-state index is -1.16. The number of hydrogen-bond acceptors (Lipinski definition) is 7. The standard InChI is InChI=1S/C34H39N3O8/c1-23(2)20-29(33(41)42)35-31(39)28(15-14-24-10-6-4-7-11-24)21-30(38)37(45-22-25-12-8-5-9-13-25)36-32(40)26-16-18-27(19-17-26)34(43)44-3/h4-13,16-19,23,28-29H,14-15,20-22H2,1-3H3,(H,35,39)(H,36,40)(H,41,42)/t28?,29-/m0/s1. The van der Waals surface area contributed by atoms with Crippen LogP contribution in [-0.4, -0.2) is 53.1 Å². The lowest BCUT2D eigenvalue weighted by atomic mass is 9.94. The molecule has 0 fully saturated rings. The molecule has 0 aliphatic carbocycles. The quantitative estimate of drug-likeness (QED) is 0.168. The van der Waals surface area contributed by atoms with Gasteiger partial charge in [0.1, 0.15) is 12.6 Å². The van der Waals surface area contributed by atoms with Crippen LogP contribution >= 0.6 is 0 Å². The molecule has 1 unspecified atom stereocenters. The summed E-state index contributed by atoms with van der Waals surface area (Å²) >= 11 is 0. The second-order valence-corrected chi connectivity index (χ2v) is 10.9. The summed E-state index contributed by atoms with van der Waals surface area (Å²) < 4.78 is 4.69. The number of benzene rings is 3. The van der Waals surface area contributed by atoms with Gasteiger partial charge >= 0.3 is 11.9 Å². The van der Waals surface area contributed by atoms with Gasteiger partial charge in [-0.1, -0.05) is 74.5 Å². The Hall–Kier alpha value is -5.03. The van der Waals surface area contributed by atoms with Crippen molar-refractivity contribution in [3.63, 3.8) is 0 Å². The van der Waals surface area contributed by atoms with E-state index in [2.05, 4.69) is 15.5 Å². The first-order valence-electron chi connectivity index (χ1n) is 14.6. The third-order valence-corrected chi connectivity index (χ3v) is 6.94. The first-order valence-corrected chi connectivity index (χ1v) is 14.6. The van der Waals surface area contributed by atoms with Crippen LogP contribution < -0.4 is 10.7 Å².